The summed E-state index contributed by atoms with van der Waals surface area (Å²) in [5.41, 5.74) is 5.43. The van der Waals surface area contributed by atoms with E-state index in [0.29, 0.717) is 33.6 Å². The second kappa shape index (κ2) is 8.57. The Hall–Kier alpha value is -3.09. The molecule has 2 aromatic carbocycles. The van der Waals surface area contributed by atoms with Gasteiger partial charge in [-0.15, -0.1) is 0 Å². The van der Waals surface area contributed by atoms with Crippen LogP contribution in [0.2, 0.25) is 10.0 Å². The minimum atomic E-state index is -0.379. The highest BCUT2D eigenvalue weighted by atomic mass is 35.5. The Morgan fingerprint density at radius 3 is 2.48 bits per heavy atom. The zero-order chi connectivity index (χ0) is 22.1. The van der Waals surface area contributed by atoms with E-state index < -0.39 is 0 Å². The van der Waals surface area contributed by atoms with Crippen LogP contribution in [0.3, 0.4) is 0 Å². The van der Waals surface area contributed by atoms with Crippen LogP contribution >= 0.6 is 23.2 Å². The van der Waals surface area contributed by atoms with Gasteiger partial charge in [-0.25, -0.2) is 0 Å². The van der Waals surface area contributed by atoms with E-state index in [1.807, 2.05) is 18.5 Å². The summed E-state index contributed by atoms with van der Waals surface area (Å²) in [5, 5.41) is 12.2. The molecule has 1 amide bonds. The molecule has 0 radical (unpaired) electrons. The summed E-state index contributed by atoms with van der Waals surface area (Å²) >= 11 is 12.0. The molecule has 0 saturated heterocycles. The smallest absolute Gasteiger partial charge is 0.277 e. The average Bonchev–Trinajstić information content (AvgIpc) is 3.33. The van der Waals surface area contributed by atoms with E-state index in [2.05, 4.69) is 46.8 Å². The lowest BCUT2D eigenvalue weighted by molar-refractivity contribution is 0.101. The van der Waals surface area contributed by atoms with E-state index in [9.17, 15) is 4.79 Å². The van der Waals surface area contributed by atoms with Crippen molar-refractivity contribution in [2.24, 2.45) is 0 Å². The van der Waals surface area contributed by atoms with Gasteiger partial charge in [0.1, 0.15) is 0 Å². The molecule has 1 N–H and O–H groups in total. The predicted octanol–water partition coefficient (Wildman–Crippen LogP) is 6.07. The van der Waals surface area contributed by atoms with Crippen molar-refractivity contribution in [1.82, 2.24) is 14.9 Å². The Labute approximate surface area is 189 Å². The molecule has 0 fully saturated rings. The van der Waals surface area contributed by atoms with Crippen molar-refractivity contribution < 1.29 is 9.32 Å². The number of hydrogen-bond acceptors (Lipinski definition) is 4. The number of nitrogens with zero attached hydrogens (tertiary/aromatic N) is 3. The molecule has 158 valence electrons. The molecule has 0 aliphatic carbocycles. The van der Waals surface area contributed by atoms with E-state index in [0.717, 1.165) is 17.0 Å². The van der Waals surface area contributed by atoms with Gasteiger partial charge in [-0.3, -0.25) is 9.48 Å². The summed E-state index contributed by atoms with van der Waals surface area (Å²) in [6, 6.07) is 14.9. The molecule has 4 rings (SSSR count). The molecule has 4 aromatic rings. The molecule has 0 aliphatic rings. The van der Waals surface area contributed by atoms with Crippen molar-refractivity contribution in [3.63, 3.8) is 0 Å². The van der Waals surface area contributed by atoms with Gasteiger partial charge in [0.15, 0.2) is 11.5 Å². The van der Waals surface area contributed by atoms with Gasteiger partial charge in [0.05, 0.1) is 33.7 Å². The fourth-order valence-electron chi connectivity index (χ4n) is 3.24. The summed E-state index contributed by atoms with van der Waals surface area (Å²) in [5.74, 6) is 0.0448. The first kappa shape index (κ1) is 21.2. The molecule has 0 aliphatic heterocycles. The van der Waals surface area contributed by atoms with Crippen molar-refractivity contribution in [1.29, 1.82) is 0 Å². The lowest BCUT2D eigenvalue weighted by Gasteiger charge is -2.07. The van der Waals surface area contributed by atoms with Crippen molar-refractivity contribution in [3.05, 3.63) is 86.8 Å². The fraction of sp³-hybridized carbons (Fsp3) is 0.174. The maximum Gasteiger partial charge on any atom is 0.277 e. The van der Waals surface area contributed by atoms with Gasteiger partial charge in [-0.2, -0.15) is 5.10 Å². The predicted molar refractivity (Wildman–Crippen MR) is 122 cm³/mol. The lowest BCUT2D eigenvalue weighted by atomic mass is 10.1. The number of carbonyl (C=O) groups is 1. The molecular formula is C23H20Cl2N4O2. The molecule has 0 atom stereocenters. The van der Waals surface area contributed by atoms with Crippen LogP contribution in [-0.2, 0) is 6.54 Å². The van der Waals surface area contributed by atoms with E-state index in [-0.39, 0.29) is 11.6 Å². The third-order valence-electron chi connectivity index (χ3n) is 5.02. The number of anilines is 1. The molecule has 31 heavy (non-hydrogen) atoms. The van der Waals surface area contributed by atoms with Gasteiger partial charge in [0.25, 0.3) is 5.91 Å². The van der Waals surface area contributed by atoms with Crippen molar-refractivity contribution in [2.45, 2.75) is 27.3 Å². The molecule has 0 saturated carbocycles. The van der Waals surface area contributed by atoms with Crippen LogP contribution in [0.4, 0.5) is 5.69 Å². The van der Waals surface area contributed by atoms with E-state index >= 15 is 0 Å². The number of aryl methyl sites for hydroxylation is 2. The van der Waals surface area contributed by atoms with Crippen LogP contribution in [0.5, 0.6) is 0 Å². The Morgan fingerprint density at radius 1 is 1.03 bits per heavy atom. The summed E-state index contributed by atoms with van der Waals surface area (Å²) < 4.78 is 7.20. The molecule has 0 spiro atoms. The Bertz CT molecular complexity index is 1260. The topological polar surface area (TPSA) is 73.0 Å². The minimum absolute atomic E-state index is 0.158. The Kier molecular flexibility index (Phi) is 5.85. The summed E-state index contributed by atoms with van der Waals surface area (Å²) in [7, 11) is 0. The fourth-order valence-corrected chi connectivity index (χ4v) is 3.54. The van der Waals surface area contributed by atoms with Gasteiger partial charge in [0, 0.05) is 11.6 Å². The number of halogens is 2. The van der Waals surface area contributed by atoms with Crippen molar-refractivity contribution in [2.75, 3.05) is 5.32 Å². The maximum absolute atomic E-state index is 12.8. The summed E-state index contributed by atoms with van der Waals surface area (Å²) in [4.78, 5) is 12.8. The van der Waals surface area contributed by atoms with Gasteiger partial charge in [-0.1, -0.05) is 58.2 Å². The van der Waals surface area contributed by atoms with Crippen molar-refractivity contribution in [3.8, 4) is 11.3 Å². The zero-order valence-corrected chi connectivity index (χ0v) is 18.8. The summed E-state index contributed by atoms with van der Waals surface area (Å²) in [6.07, 6.45) is 0. The zero-order valence-electron chi connectivity index (χ0n) is 17.2. The van der Waals surface area contributed by atoms with E-state index in [1.165, 1.54) is 5.56 Å². The highest BCUT2D eigenvalue weighted by Crippen LogP contribution is 2.29. The van der Waals surface area contributed by atoms with Gasteiger partial charge in [-0.05, 0) is 44.5 Å². The van der Waals surface area contributed by atoms with Gasteiger partial charge < -0.3 is 9.84 Å². The monoisotopic (exact) mass is 454 g/mol. The number of hydrogen-bond donors (Lipinski definition) is 1. The molecule has 2 heterocycles. The Balaban J connectivity index is 1.52. The van der Waals surface area contributed by atoms with Crippen LogP contribution in [0.1, 0.15) is 33.0 Å². The third kappa shape index (κ3) is 4.50. The number of aromatic nitrogens is 3. The summed E-state index contributed by atoms with van der Waals surface area (Å²) in [6.45, 7) is 6.46. The largest absolute Gasteiger partial charge is 0.355 e. The van der Waals surface area contributed by atoms with Crippen LogP contribution in [0, 0.1) is 20.8 Å². The molecule has 6 nitrogen and oxygen atoms in total. The van der Waals surface area contributed by atoms with Gasteiger partial charge in [0.2, 0.25) is 0 Å². The van der Waals surface area contributed by atoms with E-state index in [4.69, 9.17) is 27.7 Å². The Morgan fingerprint density at radius 2 is 1.77 bits per heavy atom. The molecule has 0 bridgehead atoms. The second-order valence-electron chi connectivity index (χ2n) is 7.35. The number of rotatable bonds is 5. The molecular weight excluding hydrogens is 435 g/mol. The third-order valence-corrected chi connectivity index (χ3v) is 5.76. The second-order valence-corrected chi connectivity index (χ2v) is 8.16. The standard InChI is InChI=1S/C23H20Cl2N4O2/c1-13-4-6-16(7-5-13)12-29-15(3)22(14(2)27-29)26-23(30)20-11-21(31-28-20)17-8-9-18(24)19(25)10-17/h4-11H,12H2,1-3H3,(H,26,30). The highest BCUT2D eigenvalue weighted by Gasteiger charge is 2.19. The molecule has 8 heteroatoms. The first-order valence-corrected chi connectivity index (χ1v) is 10.4. The van der Waals surface area contributed by atoms with Crippen molar-refractivity contribution >= 4 is 34.8 Å². The highest BCUT2D eigenvalue weighted by molar-refractivity contribution is 6.42. The lowest BCUT2D eigenvalue weighted by Crippen LogP contribution is -2.13. The van der Waals surface area contributed by atoms with Gasteiger partial charge >= 0.3 is 0 Å². The number of nitrogens with one attached hydrogen (secondary N) is 1. The maximum atomic E-state index is 12.8. The van der Waals surface area contributed by atoms with Crippen LogP contribution in [-0.4, -0.2) is 20.8 Å². The number of carbonyl (C=O) groups excluding carboxylic acids is 1. The normalized spacial score (nSPS) is 11.0. The molecule has 0 unspecified atom stereocenters. The van der Waals surface area contributed by atoms with Crippen LogP contribution < -0.4 is 5.32 Å². The van der Waals surface area contributed by atoms with Crippen LogP contribution in [0.15, 0.2) is 53.1 Å². The van der Waals surface area contributed by atoms with E-state index in [1.54, 1.807) is 24.3 Å². The number of amides is 1. The quantitative estimate of drug-likeness (QED) is 0.396. The average molecular weight is 455 g/mol. The first-order chi connectivity index (χ1) is 14.8. The minimum Gasteiger partial charge on any atom is -0.355 e. The molecule has 2 aromatic heterocycles. The first-order valence-electron chi connectivity index (χ1n) is 9.65. The number of benzene rings is 2. The SMILES string of the molecule is Cc1ccc(Cn2nc(C)c(NC(=O)c3cc(-c4ccc(Cl)c(Cl)c4)on3)c2C)cc1. The van der Waals surface area contributed by atoms with Crippen LogP contribution in [0.25, 0.3) is 11.3 Å².